The van der Waals surface area contributed by atoms with Gasteiger partial charge < -0.3 is 4.79 Å². The molecule has 0 heterocycles. The summed E-state index contributed by atoms with van der Waals surface area (Å²) in [5, 5.41) is 0. The predicted molar refractivity (Wildman–Crippen MR) is 154 cm³/mol. The molecular formula is C32H60O2. The van der Waals surface area contributed by atoms with Gasteiger partial charge >= 0.3 is 0 Å². The second-order valence-electron chi connectivity index (χ2n) is 9.12. The molecule has 0 aliphatic heterocycles. The summed E-state index contributed by atoms with van der Waals surface area (Å²) in [5.74, 6) is 1.25. The Kier molecular flexibility index (Phi) is 45.7. The first-order chi connectivity index (χ1) is 16.7. The van der Waals surface area contributed by atoms with E-state index in [0.717, 1.165) is 19.1 Å². The van der Waals surface area contributed by atoms with Crippen molar-refractivity contribution in [2.45, 2.75) is 162 Å². The summed E-state index contributed by atoms with van der Waals surface area (Å²) >= 11 is 0. The first-order valence-electron chi connectivity index (χ1n) is 14.6. The van der Waals surface area contributed by atoms with Crippen molar-refractivity contribution in [1.29, 1.82) is 0 Å². The lowest BCUT2D eigenvalue weighted by molar-refractivity contribution is -0.107. The number of rotatable bonds is 23. The SMILES string of the molecule is C=C=O.CCC=CCCCCCCCC.CCCCCCCCC=CCCCCCCCC=O. The van der Waals surface area contributed by atoms with Crippen LogP contribution in [-0.2, 0) is 9.59 Å². The number of aldehydes is 1. The fourth-order valence-electron chi connectivity index (χ4n) is 3.63. The van der Waals surface area contributed by atoms with E-state index in [9.17, 15) is 4.79 Å². The van der Waals surface area contributed by atoms with E-state index in [-0.39, 0.29) is 0 Å². The van der Waals surface area contributed by atoms with Crippen LogP contribution in [0.1, 0.15) is 162 Å². The van der Waals surface area contributed by atoms with Gasteiger partial charge in [0, 0.05) is 6.42 Å². The zero-order chi connectivity index (χ0) is 25.8. The third kappa shape index (κ3) is 48.1. The lowest BCUT2D eigenvalue weighted by atomic mass is 10.1. The van der Waals surface area contributed by atoms with Gasteiger partial charge in [0.25, 0.3) is 0 Å². The average molecular weight is 477 g/mol. The summed E-state index contributed by atoms with van der Waals surface area (Å²) in [7, 11) is 0. The largest absolute Gasteiger partial charge is 0.303 e. The molecule has 0 fully saturated rings. The molecule has 0 aromatic heterocycles. The Balaban J connectivity index is -0.000000547. The summed E-state index contributed by atoms with van der Waals surface area (Å²) in [6, 6.07) is 0. The molecule has 0 aromatic rings. The standard InChI is InChI=1S/C18H34O.C12H24.C2H2O/c1-2-3-4-5-6-7-8-9-10-11-12-13-14-15-16-17-18-19;1-3-5-7-9-11-12-10-8-6-4-2;1-2-3/h9-10,18H,2-8,11-17H2,1H3;5,7H,3-4,6,8-12H2,1-2H3;1H2. The molecule has 0 atom stereocenters. The Morgan fingerprint density at radius 3 is 1.12 bits per heavy atom. The maximum Gasteiger partial charge on any atom is 0.119 e. The summed E-state index contributed by atoms with van der Waals surface area (Å²) < 4.78 is 0. The van der Waals surface area contributed by atoms with Gasteiger partial charge in [0.05, 0.1) is 0 Å². The summed E-state index contributed by atoms with van der Waals surface area (Å²) in [6.07, 6.45) is 39.1. The van der Waals surface area contributed by atoms with E-state index in [2.05, 4.69) is 51.7 Å². The third-order valence-corrected chi connectivity index (χ3v) is 5.71. The Labute approximate surface area is 214 Å². The first kappa shape index (κ1) is 37.2. The smallest absolute Gasteiger partial charge is 0.119 e. The molecule has 0 N–H and O–H groups in total. The van der Waals surface area contributed by atoms with Gasteiger partial charge in [-0.2, -0.15) is 0 Å². The van der Waals surface area contributed by atoms with E-state index in [1.807, 2.05) is 0 Å². The molecule has 0 saturated heterocycles. The molecule has 0 aliphatic carbocycles. The van der Waals surface area contributed by atoms with Gasteiger partial charge in [0.2, 0.25) is 0 Å². The van der Waals surface area contributed by atoms with Crippen LogP contribution in [-0.4, -0.2) is 12.2 Å². The van der Waals surface area contributed by atoms with Crippen molar-refractivity contribution in [3.8, 4) is 0 Å². The van der Waals surface area contributed by atoms with Gasteiger partial charge in [-0.3, -0.25) is 0 Å². The second-order valence-corrected chi connectivity index (χ2v) is 9.12. The fourth-order valence-corrected chi connectivity index (χ4v) is 3.63. The maximum absolute atomic E-state index is 10.1. The number of carbonyl (C=O) groups excluding carboxylic acids is 2. The van der Waals surface area contributed by atoms with Crippen molar-refractivity contribution in [2.24, 2.45) is 0 Å². The Hall–Kier alpha value is -1.40. The molecule has 200 valence electrons. The molecule has 0 bridgehead atoms. The van der Waals surface area contributed by atoms with Crippen LogP contribution in [0, 0.1) is 0 Å². The van der Waals surface area contributed by atoms with Gasteiger partial charge in [-0.15, -0.1) is 0 Å². The fraction of sp³-hybridized carbons (Fsp3) is 0.781. The minimum absolute atomic E-state index is 0.748. The quantitative estimate of drug-likeness (QED) is 0.0635. The van der Waals surface area contributed by atoms with E-state index in [1.165, 1.54) is 134 Å². The van der Waals surface area contributed by atoms with E-state index < -0.39 is 0 Å². The van der Waals surface area contributed by atoms with E-state index in [4.69, 9.17) is 4.79 Å². The number of unbranched alkanes of at least 4 members (excludes halogenated alkanes) is 18. The van der Waals surface area contributed by atoms with Gasteiger partial charge in [-0.25, -0.2) is 4.79 Å². The Bertz CT molecular complexity index is 430. The number of carbonyl (C=O) groups is 1. The lowest BCUT2D eigenvalue weighted by Crippen LogP contribution is -1.80. The van der Waals surface area contributed by atoms with Crippen molar-refractivity contribution in [3.63, 3.8) is 0 Å². The van der Waals surface area contributed by atoms with Crippen molar-refractivity contribution < 1.29 is 9.59 Å². The van der Waals surface area contributed by atoms with Crippen LogP contribution in [0.5, 0.6) is 0 Å². The number of allylic oxidation sites excluding steroid dienone is 4. The minimum Gasteiger partial charge on any atom is -0.303 e. The van der Waals surface area contributed by atoms with Crippen LogP contribution >= 0.6 is 0 Å². The second kappa shape index (κ2) is 41.8. The molecule has 2 nitrogen and oxygen atoms in total. The lowest BCUT2D eigenvalue weighted by Gasteiger charge is -1.98. The van der Waals surface area contributed by atoms with Crippen LogP contribution in [0.15, 0.2) is 30.9 Å². The third-order valence-electron chi connectivity index (χ3n) is 5.71. The van der Waals surface area contributed by atoms with Crippen molar-refractivity contribution in [1.82, 2.24) is 0 Å². The van der Waals surface area contributed by atoms with Crippen LogP contribution < -0.4 is 0 Å². The molecule has 0 aliphatic rings. The number of hydrogen-bond donors (Lipinski definition) is 0. The molecule has 0 aromatic carbocycles. The monoisotopic (exact) mass is 476 g/mol. The molecule has 0 amide bonds. The van der Waals surface area contributed by atoms with E-state index in [0.29, 0.717) is 0 Å². The molecule has 0 spiro atoms. The van der Waals surface area contributed by atoms with Gasteiger partial charge in [-0.1, -0.05) is 129 Å². The molecule has 2 heteroatoms. The summed E-state index contributed by atoms with van der Waals surface area (Å²) in [5.41, 5.74) is 0. The Morgan fingerprint density at radius 1 is 0.500 bits per heavy atom. The summed E-state index contributed by atoms with van der Waals surface area (Å²) in [6.45, 7) is 9.41. The molecule has 0 unspecified atom stereocenters. The topological polar surface area (TPSA) is 34.1 Å². The zero-order valence-corrected chi connectivity index (χ0v) is 23.5. The van der Waals surface area contributed by atoms with Crippen LogP contribution in [0.25, 0.3) is 0 Å². The van der Waals surface area contributed by atoms with Gasteiger partial charge in [0.15, 0.2) is 0 Å². The van der Waals surface area contributed by atoms with E-state index in [1.54, 1.807) is 0 Å². The summed E-state index contributed by atoms with van der Waals surface area (Å²) in [4.78, 5) is 18.7. The van der Waals surface area contributed by atoms with Crippen molar-refractivity contribution in [2.75, 3.05) is 0 Å². The highest BCUT2D eigenvalue weighted by Gasteiger charge is 1.90. The average Bonchev–Trinajstić information content (AvgIpc) is 2.84. The molecule has 0 saturated carbocycles. The zero-order valence-electron chi connectivity index (χ0n) is 23.5. The first-order valence-corrected chi connectivity index (χ1v) is 14.6. The molecule has 34 heavy (non-hydrogen) atoms. The number of hydrogen-bond acceptors (Lipinski definition) is 2. The molecule has 0 rings (SSSR count). The molecule has 0 radical (unpaired) electrons. The predicted octanol–water partition coefficient (Wildman–Crippen LogP) is 10.9. The van der Waals surface area contributed by atoms with Crippen molar-refractivity contribution >= 4 is 12.2 Å². The van der Waals surface area contributed by atoms with Crippen LogP contribution in [0.4, 0.5) is 0 Å². The van der Waals surface area contributed by atoms with Crippen LogP contribution in [0.2, 0.25) is 0 Å². The van der Waals surface area contributed by atoms with Gasteiger partial charge in [0.1, 0.15) is 12.2 Å². The highest BCUT2D eigenvalue weighted by Crippen LogP contribution is 2.10. The molecular weight excluding hydrogens is 416 g/mol. The highest BCUT2D eigenvalue weighted by molar-refractivity contribution is 5.48. The normalized spacial score (nSPS) is 10.4. The van der Waals surface area contributed by atoms with Gasteiger partial charge in [-0.05, 0) is 57.9 Å². The van der Waals surface area contributed by atoms with Crippen molar-refractivity contribution in [3.05, 3.63) is 30.9 Å². The highest BCUT2D eigenvalue weighted by atomic mass is 16.1. The maximum atomic E-state index is 10.1. The Morgan fingerprint density at radius 2 is 0.794 bits per heavy atom. The minimum atomic E-state index is 0.748. The van der Waals surface area contributed by atoms with E-state index >= 15 is 0 Å². The van der Waals surface area contributed by atoms with Crippen LogP contribution in [0.3, 0.4) is 0 Å².